The number of carbonyl (C=O) groups excluding carboxylic acids is 6. The lowest BCUT2D eigenvalue weighted by Crippen LogP contribution is -2.53. The average molecular weight is 2100 g/mol. The summed E-state index contributed by atoms with van der Waals surface area (Å²) in [7, 11) is 0. The largest absolute Gasteiger partial charge is 0.459 e. The van der Waals surface area contributed by atoms with E-state index in [0.717, 1.165) is 67.6 Å². The molecule has 0 unspecified atom stereocenters. The van der Waals surface area contributed by atoms with E-state index < -0.39 is 161 Å². The molecule has 0 aromatic heterocycles. The quantitative estimate of drug-likeness (QED) is 0.0105. The summed E-state index contributed by atoms with van der Waals surface area (Å²) in [6.45, 7) is 44.4. The molecule has 13 heterocycles. The Kier molecular flexibility index (Phi) is 43.0. The van der Waals surface area contributed by atoms with Crippen molar-refractivity contribution in [2.45, 2.75) is 439 Å². The van der Waals surface area contributed by atoms with Crippen LogP contribution in [0.2, 0.25) is 0 Å². The summed E-state index contributed by atoms with van der Waals surface area (Å²) < 4.78 is 169. The van der Waals surface area contributed by atoms with Crippen LogP contribution in [0.4, 0.5) is 31.1 Å². The molecule has 0 saturated carbocycles. The van der Waals surface area contributed by atoms with Crippen LogP contribution in [-0.2, 0) is 95.0 Å². The summed E-state index contributed by atoms with van der Waals surface area (Å²) in [5.74, 6) is -1.51. The zero-order valence-corrected chi connectivity index (χ0v) is 90.0. The molecule has 834 valence electrons. The fourth-order valence-electron chi connectivity index (χ4n) is 20.8. The summed E-state index contributed by atoms with van der Waals surface area (Å²) in [4.78, 5) is 73.6. The van der Waals surface area contributed by atoms with Gasteiger partial charge in [0.1, 0.15) is 83.4 Å². The van der Waals surface area contributed by atoms with Gasteiger partial charge in [0.05, 0.1) is 158 Å². The third-order valence-corrected chi connectivity index (χ3v) is 29.1. The van der Waals surface area contributed by atoms with E-state index in [1.54, 1.807) is 45.6 Å². The number of carbonyl (C=O) groups is 6. The Balaban J connectivity index is 0.000000203. The molecule has 38 heteroatoms. The highest BCUT2D eigenvalue weighted by Gasteiger charge is 2.64. The van der Waals surface area contributed by atoms with Crippen LogP contribution in [0.5, 0.6) is 0 Å². The number of halogens is 6. The molecule has 13 rings (SSSR count). The molecule has 13 aliphatic heterocycles. The monoisotopic (exact) mass is 2100 g/mol. The number of morpholine rings is 1. The van der Waals surface area contributed by atoms with Gasteiger partial charge in [0.2, 0.25) is 23.6 Å². The van der Waals surface area contributed by atoms with Crippen LogP contribution in [0.1, 0.15) is 236 Å². The van der Waals surface area contributed by atoms with Gasteiger partial charge in [-0.1, -0.05) is 117 Å². The minimum atomic E-state index is -4.61. The molecule has 13 saturated heterocycles. The normalized spacial score (nSPS) is 37.1. The van der Waals surface area contributed by atoms with Gasteiger partial charge in [0, 0.05) is 70.0 Å². The number of ether oxygens (including phenoxy) is 15. The maximum absolute atomic E-state index is 13.9. The van der Waals surface area contributed by atoms with Crippen molar-refractivity contribution in [1.82, 2.24) is 26.2 Å². The lowest BCUT2D eigenvalue weighted by molar-refractivity contribution is -0.171. The van der Waals surface area contributed by atoms with Crippen molar-refractivity contribution in [3.8, 4) is 0 Å². The fourth-order valence-corrected chi connectivity index (χ4v) is 20.8. The highest BCUT2D eigenvalue weighted by atomic mass is 19.4. The van der Waals surface area contributed by atoms with Crippen LogP contribution in [0.15, 0.2) is 144 Å². The molecule has 0 aromatic rings. The first-order valence-corrected chi connectivity index (χ1v) is 52.2. The molecule has 4 spiro atoms. The van der Waals surface area contributed by atoms with E-state index in [2.05, 4.69) is 40.3 Å². The molecule has 13 fully saturated rings. The van der Waals surface area contributed by atoms with Gasteiger partial charge in [-0.3, -0.25) is 24.0 Å². The lowest BCUT2D eigenvalue weighted by Gasteiger charge is -2.41. The molecular formula is C110H165F6N5O27. The summed E-state index contributed by atoms with van der Waals surface area (Å²) in [5, 5.41) is 72.8. The van der Waals surface area contributed by atoms with Crippen molar-refractivity contribution in [3.63, 3.8) is 0 Å². The molecule has 0 aromatic carbocycles. The Morgan fingerprint density at radius 1 is 0.399 bits per heavy atom. The Bertz CT molecular complexity index is 4800. The Labute approximate surface area is 868 Å². The maximum atomic E-state index is 13.9. The lowest BCUT2D eigenvalue weighted by atomic mass is 9.83. The second kappa shape index (κ2) is 52.0. The number of aliphatic hydroxyl groups is 6. The number of nitrogens with zero attached hydrogens (tertiary/aromatic N) is 1. The number of rotatable bonds is 30. The van der Waals surface area contributed by atoms with E-state index >= 15 is 0 Å². The molecule has 148 heavy (non-hydrogen) atoms. The zero-order valence-electron chi connectivity index (χ0n) is 90.0. The minimum absolute atomic E-state index is 0.0178. The maximum Gasteiger partial charge on any atom is 0.416 e. The van der Waals surface area contributed by atoms with Crippen molar-refractivity contribution < 1.29 is 157 Å². The number of nitrogens with one attached hydrogen (secondary N) is 4. The Morgan fingerprint density at radius 3 is 0.993 bits per heavy atom. The second-order valence-corrected chi connectivity index (χ2v) is 45.1. The van der Waals surface area contributed by atoms with Crippen LogP contribution >= 0.6 is 0 Å². The highest BCUT2D eigenvalue weighted by molar-refractivity contribution is 5.89. The third kappa shape index (κ3) is 37.1. The van der Waals surface area contributed by atoms with Gasteiger partial charge in [-0.25, -0.2) is 4.79 Å². The first-order valence-electron chi connectivity index (χ1n) is 52.2. The summed E-state index contributed by atoms with van der Waals surface area (Å²) >= 11 is 0. The molecule has 0 bridgehead atoms. The standard InChI is InChI=1S/C31H45F3N2O8.C27H41NO7.C26H38F3NO6.C26H41NO6/c1-19-16-23(35-26(37)11-6-20(2)42-28(39)36-12-14-40-15-13-36)21(3)43-24(19)9-7-22(31(32,33)34)8-10-25-27(38)30(18-41-30)17-29(4,5)44-25;1-17(8-13-23-25(31)27(16-32-27)15-26(5,6)35-23)7-10-21-11-12-22(19(3)34-21)28-24(30)14-9-18(2)33-20(4)29;1-15-12-19(30-22(32)11-6-16(2)31)17(3)35-20(15)9-7-18(26(27,28)29)8-10-21-23(33)25(14-34-25)13-24(4,5)36-21;1-16(8-11-22-24(30)26(15-31-26)14-25(5,6)33-22)7-10-21-17(2)13-20(19(4)32-21)27-23(29)12-9-18(3)28/h6-8,10-11,19-21,23-25,27,38H,9,12-18H2,1-5H3,(H,35,37);7-9,13-14,18-19,21-23,25,31H,10-12,15-16H2,1-6H3,(H,28,30);6-8,10-11,15-17,19-21,23,31,33H,9,12-14H2,1-5H3,(H,30,32);7-9,11-12,17-22,24,28,30H,10,13-15H2,1-6H3,(H,27,29)/b10-8+,11-6-,22-7-;13-8+,14-9-,17-7+;10-8+,11-6-,18-7-;11-8+,12-9-,16-7+/t19-,20-,21+,23+,24-,25+,27+,30+;18-,19-,21+,22-,23-,25-,27-;15-,16+,17+,19+,20-,21+,23+,25+;17-,18+,19+,20+,21-,22+,24+,26+/m0100/s1. The summed E-state index contributed by atoms with van der Waals surface area (Å²) in [5.41, 5.74) is -3.90. The number of epoxide rings is 4. The predicted molar refractivity (Wildman–Crippen MR) is 539 cm³/mol. The van der Waals surface area contributed by atoms with E-state index in [4.69, 9.17) is 71.1 Å². The van der Waals surface area contributed by atoms with Gasteiger partial charge in [0.25, 0.3) is 0 Å². The molecular weight excluding hydrogens is 1940 g/mol. The molecule has 10 N–H and O–H groups in total. The number of alkyl halides is 6. The van der Waals surface area contributed by atoms with Gasteiger partial charge >= 0.3 is 24.4 Å². The van der Waals surface area contributed by atoms with Crippen molar-refractivity contribution >= 4 is 35.7 Å². The number of hydrogen-bond donors (Lipinski definition) is 10. The van der Waals surface area contributed by atoms with Crippen molar-refractivity contribution in [2.75, 3.05) is 52.7 Å². The fraction of sp³-hybridized carbons (Fsp3) is 0.727. The van der Waals surface area contributed by atoms with Crippen LogP contribution < -0.4 is 21.3 Å². The van der Waals surface area contributed by atoms with Crippen LogP contribution in [0.3, 0.4) is 0 Å². The number of esters is 1. The van der Waals surface area contributed by atoms with Gasteiger partial charge in [-0.05, 0) is 212 Å². The van der Waals surface area contributed by atoms with Crippen molar-refractivity contribution in [2.24, 2.45) is 17.8 Å². The SMILES string of the molecule is CC(/C=C/[C@H]1OC(C)(C)C[C@@]2(CO2)[C@@H]1O)=C\C[C@@H]1O[C@H](C)[C@H](NC(=O)/C=C\[C@@H](C)O)C[C@@H]1C.CC(=O)O[C@H](C)/C=C\C(=O)N[C@@H]1CC[C@H](C/C=C(C)/C=C/[C@H]2OC(C)(C)C[C@@]3(CO3)[C@@H]2O)O[C@@H]1C.C[C@@H](/C=C\C(=O)N[C@@H]1C[C@H](C)[C@H](C/C=C(/C=C/[C@H]2OC(C)(C)C[C@@]3(CO3)[C@@H]2O)C(F)(F)F)O[C@@H]1C)OC(=O)N1CCOCC1.C[C@@H](O)/C=C\C(=O)N[C@@H]1C[C@H](C)[C@H](C/C=C(/C=C/[C@H]2OC(C)(C)C[C@@]3(CO3)[C@@H]2O)C(F)(F)F)O[C@@H]1C. The van der Waals surface area contributed by atoms with Crippen molar-refractivity contribution in [1.29, 1.82) is 0 Å². The van der Waals surface area contributed by atoms with Crippen LogP contribution in [0, 0.1) is 17.8 Å². The minimum Gasteiger partial charge on any atom is -0.459 e. The molecule has 13 aliphatic rings. The summed E-state index contributed by atoms with van der Waals surface area (Å²) in [6, 6.07) is -0.764. The highest BCUT2D eigenvalue weighted by Crippen LogP contribution is 2.51. The molecule has 5 amide bonds. The van der Waals surface area contributed by atoms with Gasteiger partial charge in [-0.15, -0.1) is 0 Å². The van der Waals surface area contributed by atoms with E-state index in [1.807, 2.05) is 121 Å². The first kappa shape index (κ1) is 122. The second-order valence-electron chi connectivity index (χ2n) is 45.1. The Morgan fingerprint density at radius 2 is 0.689 bits per heavy atom. The van der Waals surface area contributed by atoms with Crippen LogP contribution in [0.25, 0.3) is 0 Å². The predicted octanol–water partition coefficient (Wildman–Crippen LogP) is 13.1. The third-order valence-electron chi connectivity index (χ3n) is 29.1. The first-order chi connectivity index (χ1) is 69.0. The van der Waals surface area contributed by atoms with Crippen LogP contribution in [-0.4, -0.2) is 327 Å². The van der Waals surface area contributed by atoms with Gasteiger partial charge < -0.3 is 128 Å². The molecule has 31 atom stereocenters. The van der Waals surface area contributed by atoms with E-state index in [-0.39, 0.29) is 120 Å². The summed E-state index contributed by atoms with van der Waals surface area (Å²) in [6.07, 6.45) is 17.5. The van der Waals surface area contributed by atoms with Crippen molar-refractivity contribution in [3.05, 3.63) is 144 Å². The van der Waals surface area contributed by atoms with Gasteiger partial charge in [-0.2, -0.15) is 26.3 Å². The molecule has 0 radical (unpaired) electrons. The average Bonchev–Trinajstić information content (AvgIpc) is 1.60. The van der Waals surface area contributed by atoms with E-state index in [1.165, 1.54) is 68.5 Å². The Hall–Kier alpha value is -7.68. The number of aliphatic hydroxyl groups excluding tert-OH is 6. The smallest absolute Gasteiger partial charge is 0.416 e. The van der Waals surface area contributed by atoms with E-state index in [0.29, 0.717) is 91.3 Å². The topological polar surface area (TPSA) is 427 Å². The van der Waals surface area contributed by atoms with E-state index in [9.17, 15) is 85.7 Å². The van der Waals surface area contributed by atoms with Gasteiger partial charge in [0.15, 0.2) is 0 Å². The zero-order chi connectivity index (χ0) is 109. The molecule has 32 nitrogen and oxygen atoms in total. The molecule has 0 aliphatic carbocycles. The number of hydrogen-bond acceptors (Lipinski definition) is 27. The number of allylic oxidation sites excluding steroid dienone is 8. The number of amides is 5.